The Morgan fingerprint density at radius 2 is 0.931 bits per heavy atom. The zero-order chi connectivity index (χ0) is 23.1. The standard InChI is InChI=1S/C17H48O6Si6/c1-14-18-24(19-15-2)16-17-26(6,7)21-28(10,11)23-29(12,13)22-27(8,9)20-25(3,4)5/h24H,14-17H2,1-13H3. The van der Waals surface area contributed by atoms with Crippen molar-refractivity contribution in [1.82, 2.24) is 0 Å². The van der Waals surface area contributed by atoms with Gasteiger partial charge in [0.15, 0.2) is 16.6 Å². The maximum Gasteiger partial charge on any atom is 0.321 e. The summed E-state index contributed by atoms with van der Waals surface area (Å²) in [5.74, 6) is 0. The third kappa shape index (κ3) is 15.5. The van der Waals surface area contributed by atoms with Gasteiger partial charge in [0.2, 0.25) is 0 Å². The zero-order valence-corrected chi connectivity index (χ0v) is 27.5. The summed E-state index contributed by atoms with van der Waals surface area (Å²) in [5, 5.41) is 0. The summed E-state index contributed by atoms with van der Waals surface area (Å²) in [6.07, 6.45) is 0. The summed E-state index contributed by atoms with van der Waals surface area (Å²) < 4.78 is 37.8. The van der Waals surface area contributed by atoms with Gasteiger partial charge in [-0.05, 0) is 98.0 Å². The highest BCUT2D eigenvalue weighted by atomic mass is 28.5. The molecule has 6 nitrogen and oxygen atoms in total. The number of hydrogen-bond donors (Lipinski definition) is 0. The van der Waals surface area contributed by atoms with E-state index in [0.717, 1.165) is 25.3 Å². The lowest BCUT2D eigenvalue weighted by Crippen LogP contribution is -2.58. The maximum atomic E-state index is 6.69. The molecule has 12 heteroatoms. The van der Waals surface area contributed by atoms with E-state index in [0.29, 0.717) is 0 Å². The summed E-state index contributed by atoms with van der Waals surface area (Å²) in [6, 6.07) is 2.03. The van der Waals surface area contributed by atoms with Crippen molar-refractivity contribution in [3.05, 3.63) is 0 Å². The highest BCUT2D eigenvalue weighted by molar-refractivity contribution is 6.90. The molecule has 0 aliphatic rings. The molecule has 0 bridgehead atoms. The van der Waals surface area contributed by atoms with Gasteiger partial charge >= 0.3 is 35.0 Å². The fraction of sp³-hybridized carbons (Fsp3) is 1.00. The van der Waals surface area contributed by atoms with Crippen molar-refractivity contribution in [2.75, 3.05) is 13.2 Å². The molecule has 0 aromatic carbocycles. The van der Waals surface area contributed by atoms with E-state index in [1.807, 2.05) is 13.8 Å². The van der Waals surface area contributed by atoms with Crippen LogP contribution >= 0.6 is 0 Å². The van der Waals surface area contributed by atoms with E-state index < -0.39 is 51.6 Å². The van der Waals surface area contributed by atoms with Crippen molar-refractivity contribution in [1.29, 1.82) is 0 Å². The molecule has 29 heavy (non-hydrogen) atoms. The van der Waals surface area contributed by atoms with Gasteiger partial charge in [-0.1, -0.05) is 0 Å². The Balaban J connectivity index is 4.92. The second-order valence-electron chi connectivity index (χ2n) is 10.4. The van der Waals surface area contributed by atoms with Crippen molar-refractivity contribution in [3.8, 4) is 0 Å². The van der Waals surface area contributed by atoms with Crippen molar-refractivity contribution in [2.24, 2.45) is 0 Å². The van der Waals surface area contributed by atoms with Crippen LogP contribution in [0.25, 0.3) is 0 Å². The van der Waals surface area contributed by atoms with Crippen LogP contribution < -0.4 is 0 Å². The van der Waals surface area contributed by atoms with Gasteiger partial charge in [-0.3, -0.25) is 0 Å². The molecule has 176 valence electrons. The van der Waals surface area contributed by atoms with Crippen LogP contribution in [-0.2, 0) is 25.3 Å². The second-order valence-corrected chi connectivity index (χ2v) is 32.4. The minimum Gasteiger partial charge on any atom is -0.437 e. The lowest BCUT2D eigenvalue weighted by atomic mass is 10.9. The first-order valence-electron chi connectivity index (χ1n) is 10.9. The van der Waals surface area contributed by atoms with E-state index in [2.05, 4.69) is 72.0 Å². The van der Waals surface area contributed by atoms with E-state index in [4.69, 9.17) is 25.3 Å². The quantitative estimate of drug-likeness (QED) is 0.268. The first kappa shape index (κ1) is 30.1. The molecule has 0 heterocycles. The lowest BCUT2D eigenvalue weighted by Gasteiger charge is -2.42. The van der Waals surface area contributed by atoms with E-state index in [9.17, 15) is 0 Å². The summed E-state index contributed by atoms with van der Waals surface area (Å²) in [6.45, 7) is 29.5. The Morgan fingerprint density at radius 3 is 1.31 bits per heavy atom. The van der Waals surface area contributed by atoms with Crippen molar-refractivity contribution >= 4 is 51.6 Å². The molecule has 0 atom stereocenters. The molecule has 0 aromatic heterocycles. The molecular formula is C17H48O6Si6. The van der Waals surface area contributed by atoms with Gasteiger partial charge in [0.1, 0.15) is 0 Å². The highest BCUT2D eigenvalue weighted by Crippen LogP contribution is 2.27. The Morgan fingerprint density at radius 1 is 0.552 bits per heavy atom. The Kier molecular flexibility index (Phi) is 12.2. The molecule has 0 spiro atoms. The minimum absolute atomic E-state index is 0.722. The van der Waals surface area contributed by atoms with Gasteiger partial charge < -0.3 is 25.3 Å². The molecular weight excluding hydrogens is 469 g/mol. The molecule has 0 aromatic rings. The lowest BCUT2D eigenvalue weighted by molar-refractivity contribution is 0.214. The Bertz CT molecular complexity index is 476. The molecule has 0 rings (SSSR count). The summed E-state index contributed by atoms with van der Waals surface area (Å²) >= 11 is 0. The fourth-order valence-electron chi connectivity index (χ4n) is 3.75. The van der Waals surface area contributed by atoms with Crippen molar-refractivity contribution in [3.63, 3.8) is 0 Å². The van der Waals surface area contributed by atoms with Crippen molar-refractivity contribution in [2.45, 2.75) is 98.0 Å². The second kappa shape index (κ2) is 11.8. The van der Waals surface area contributed by atoms with Crippen LogP contribution in [0.5, 0.6) is 0 Å². The average molecular weight is 517 g/mol. The fourth-order valence-corrected chi connectivity index (χ4v) is 31.4. The molecule has 0 aliphatic heterocycles. The van der Waals surface area contributed by atoms with Crippen molar-refractivity contribution < 1.29 is 25.3 Å². The van der Waals surface area contributed by atoms with Gasteiger partial charge in [-0.15, -0.1) is 0 Å². The zero-order valence-electron chi connectivity index (χ0n) is 21.4. The van der Waals surface area contributed by atoms with Crippen LogP contribution in [-0.4, -0.2) is 64.8 Å². The first-order chi connectivity index (χ1) is 12.8. The molecule has 0 fully saturated rings. The Hall–Kier alpha value is 1.06. The number of rotatable bonds is 15. The molecule has 0 radical (unpaired) electrons. The molecule has 0 N–H and O–H groups in total. The predicted octanol–water partition coefficient (Wildman–Crippen LogP) is 5.49. The third-order valence-electron chi connectivity index (χ3n) is 3.74. The number of hydrogen-bond acceptors (Lipinski definition) is 6. The SMILES string of the molecule is CCO[SiH](CC[Si](C)(C)O[Si](C)(C)O[Si](C)(C)O[Si](C)(C)O[Si](C)(C)C)OCC. The molecule has 0 amide bonds. The van der Waals surface area contributed by atoms with E-state index in [1.54, 1.807) is 0 Å². The normalized spacial score (nSPS) is 14.7. The molecule has 0 saturated carbocycles. The molecule has 0 unspecified atom stereocenters. The van der Waals surface area contributed by atoms with Crippen LogP contribution in [0, 0.1) is 0 Å². The molecule has 0 saturated heterocycles. The van der Waals surface area contributed by atoms with Gasteiger partial charge in [-0.2, -0.15) is 0 Å². The van der Waals surface area contributed by atoms with Gasteiger partial charge in [-0.25, -0.2) is 0 Å². The van der Waals surface area contributed by atoms with Crippen LogP contribution in [0.2, 0.25) is 84.1 Å². The van der Waals surface area contributed by atoms with Gasteiger partial charge in [0.25, 0.3) is 0 Å². The monoisotopic (exact) mass is 516 g/mol. The average Bonchev–Trinajstić information content (AvgIpc) is 2.38. The van der Waals surface area contributed by atoms with Crippen LogP contribution in [0.1, 0.15) is 13.8 Å². The summed E-state index contributed by atoms with van der Waals surface area (Å²) in [7, 11) is -12.1. The van der Waals surface area contributed by atoms with Crippen LogP contribution in [0.3, 0.4) is 0 Å². The summed E-state index contributed by atoms with van der Waals surface area (Å²) in [4.78, 5) is 0. The molecule has 0 aliphatic carbocycles. The smallest absolute Gasteiger partial charge is 0.321 e. The largest absolute Gasteiger partial charge is 0.437 e. The van der Waals surface area contributed by atoms with E-state index in [-0.39, 0.29) is 0 Å². The van der Waals surface area contributed by atoms with Gasteiger partial charge in [0, 0.05) is 13.2 Å². The third-order valence-corrected chi connectivity index (χ3v) is 24.4. The Labute approximate surface area is 187 Å². The predicted molar refractivity (Wildman–Crippen MR) is 138 cm³/mol. The van der Waals surface area contributed by atoms with E-state index in [1.165, 1.54) is 0 Å². The van der Waals surface area contributed by atoms with Gasteiger partial charge in [0.05, 0.1) is 0 Å². The van der Waals surface area contributed by atoms with Crippen LogP contribution in [0.15, 0.2) is 0 Å². The first-order valence-corrected chi connectivity index (χ1v) is 27.6. The van der Waals surface area contributed by atoms with Crippen LogP contribution in [0.4, 0.5) is 0 Å². The highest BCUT2D eigenvalue weighted by Gasteiger charge is 2.45. The maximum absolute atomic E-state index is 6.69. The topological polar surface area (TPSA) is 55.4 Å². The van der Waals surface area contributed by atoms with E-state index >= 15 is 0 Å². The minimum atomic E-state index is -2.37. The summed E-state index contributed by atoms with van der Waals surface area (Å²) in [5.41, 5.74) is 0.